The molecule has 0 saturated carbocycles. The van der Waals surface area contributed by atoms with Crippen molar-refractivity contribution >= 4 is 34.9 Å². The van der Waals surface area contributed by atoms with E-state index in [1.807, 2.05) is 20.8 Å². The molecule has 0 aliphatic carbocycles. The van der Waals surface area contributed by atoms with Crippen molar-refractivity contribution in [2.45, 2.75) is 33.6 Å². The number of hydrogen-bond donors (Lipinski definition) is 2. The number of hydrogen-bond acceptors (Lipinski definition) is 2. The van der Waals surface area contributed by atoms with Crippen LogP contribution in [-0.4, -0.2) is 25.0 Å². The minimum Gasteiger partial charge on any atom is -0.356 e. The number of anilines is 2. The number of halogens is 2. The van der Waals surface area contributed by atoms with Gasteiger partial charge in [0.05, 0.1) is 0 Å². The highest BCUT2D eigenvalue weighted by atomic mass is 35.5. The van der Waals surface area contributed by atoms with Gasteiger partial charge in [-0.1, -0.05) is 38.4 Å². The summed E-state index contributed by atoms with van der Waals surface area (Å²) < 4.78 is 13.3. The number of rotatable bonds is 7. The van der Waals surface area contributed by atoms with Gasteiger partial charge in [-0.3, -0.25) is 9.69 Å². The van der Waals surface area contributed by atoms with E-state index in [4.69, 9.17) is 11.6 Å². The molecular formula is C22H27ClFN3O2. The van der Waals surface area contributed by atoms with Crippen LogP contribution in [0.3, 0.4) is 0 Å². The first-order valence-corrected chi connectivity index (χ1v) is 9.88. The Morgan fingerprint density at radius 1 is 1.10 bits per heavy atom. The molecule has 2 rings (SSSR count). The average Bonchev–Trinajstić information content (AvgIpc) is 2.61. The summed E-state index contributed by atoms with van der Waals surface area (Å²) in [7, 11) is 0. The zero-order valence-corrected chi connectivity index (χ0v) is 17.7. The highest BCUT2D eigenvalue weighted by Crippen LogP contribution is 2.20. The Labute approximate surface area is 176 Å². The van der Waals surface area contributed by atoms with Crippen LogP contribution in [0.1, 0.15) is 33.6 Å². The standard InChI is InChI=1S/C22H27ClFN3O2/c1-22(2,3)15-20(28)25-12-5-13-27(19-10-8-17(24)9-11-19)21(29)26-18-7-4-6-16(23)14-18/h4,6-11,14H,5,12-13,15H2,1-3H3,(H,25,28)(H,26,29). The van der Waals surface area contributed by atoms with Crippen LogP contribution in [0.15, 0.2) is 48.5 Å². The molecule has 2 aromatic rings. The van der Waals surface area contributed by atoms with Gasteiger partial charge in [0.2, 0.25) is 5.91 Å². The molecule has 0 atom stereocenters. The molecule has 5 nitrogen and oxygen atoms in total. The minimum absolute atomic E-state index is 0.0192. The van der Waals surface area contributed by atoms with Gasteiger partial charge in [0.1, 0.15) is 5.82 Å². The lowest BCUT2D eigenvalue weighted by atomic mass is 9.92. The second kappa shape index (κ2) is 10.3. The summed E-state index contributed by atoms with van der Waals surface area (Å²) in [6, 6.07) is 12.2. The number of amides is 3. The van der Waals surface area contributed by atoms with Crippen molar-refractivity contribution in [1.82, 2.24) is 5.32 Å². The Morgan fingerprint density at radius 2 is 1.79 bits per heavy atom. The molecule has 0 saturated heterocycles. The second-order valence-electron chi connectivity index (χ2n) is 8.01. The fourth-order valence-electron chi connectivity index (χ4n) is 2.74. The third-order valence-corrected chi connectivity index (χ3v) is 4.27. The summed E-state index contributed by atoms with van der Waals surface area (Å²) in [6.07, 6.45) is 0.986. The number of carbonyl (C=O) groups excluding carboxylic acids is 2. The average molecular weight is 420 g/mol. The van der Waals surface area contributed by atoms with E-state index in [9.17, 15) is 14.0 Å². The molecule has 0 bridgehead atoms. The molecule has 0 spiro atoms. The van der Waals surface area contributed by atoms with Crippen molar-refractivity contribution < 1.29 is 14.0 Å². The zero-order valence-electron chi connectivity index (χ0n) is 17.0. The molecule has 0 aliphatic heterocycles. The molecule has 3 amide bonds. The summed E-state index contributed by atoms with van der Waals surface area (Å²) >= 11 is 5.97. The van der Waals surface area contributed by atoms with Crippen molar-refractivity contribution in [2.75, 3.05) is 23.3 Å². The molecule has 7 heteroatoms. The van der Waals surface area contributed by atoms with E-state index >= 15 is 0 Å². The predicted molar refractivity (Wildman–Crippen MR) is 116 cm³/mol. The lowest BCUT2D eigenvalue weighted by Crippen LogP contribution is -2.37. The Bertz CT molecular complexity index is 835. The zero-order chi connectivity index (χ0) is 21.4. The van der Waals surface area contributed by atoms with Crippen LogP contribution < -0.4 is 15.5 Å². The molecule has 0 fully saturated rings. The number of nitrogens with zero attached hydrogens (tertiary/aromatic N) is 1. The van der Waals surface area contributed by atoms with Crippen molar-refractivity contribution in [3.05, 3.63) is 59.4 Å². The molecule has 0 aliphatic rings. The number of benzene rings is 2. The van der Waals surface area contributed by atoms with Gasteiger partial charge in [-0.25, -0.2) is 9.18 Å². The van der Waals surface area contributed by atoms with Gasteiger partial charge in [0.25, 0.3) is 0 Å². The molecular weight excluding hydrogens is 393 g/mol. The first-order chi connectivity index (χ1) is 13.6. The van der Waals surface area contributed by atoms with Crippen LogP contribution >= 0.6 is 11.6 Å². The molecule has 0 heterocycles. The van der Waals surface area contributed by atoms with Crippen LogP contribution in [0.25, 0.3) is 0 Å². The van der Waals surface area contributed by atoms with Gasteiger partial charge in [0, 0.05) is 35.9 Å². The fourth-order valence-corrected chi connectivity index (χ4v) is 2.93. The second-order valence-corrected chi connectivity index (χ2v) is 8.45. The molecule has 29 heavy (non-hydrogen) atoms. The van der Waals surface area contributed by atoms with Gasteiger partial charge in [-0.05, 0) is 54.3 Å². The van der Waals surface area contributed by atoms with Gasteiger partial charge in [0.15, 0.2) is 0 Å². The van der Waals surface area contributed by atoms with Crippen molar-refractivity contribution in [1.29, 1.82) is 0 Å². The van der Waals surface area contributed by atoms with E-state index in [-0.39, 0.29) is 23.2 Å². The van der Waals surface area contributed by atoms with Crippen LogP contribution in [0.5, 0.6) is 0 Å². The summed E-state index contributed by atoms with van der Waals surface area (Å²) in [6.45, 7) is 6.81. The maximum Gasteiger partial charge on any atom is 0.326 e. The van der Waals surface area contributed by atoms with Crippen molar-refractivity contribution in [2.24, 2.45) is 5.41 Å². The van der Waals surface area contributed by atoms with E-state index in [0.717, 1.165) is 0 Å². The third-order valence-electron chi connectivity index (χ3n) is 4.03. The van der Waals surface area contributed by atoms with Crippen LogP contribution in [0, 0.1) is 11.2 Å². The minimum atomic E-state index is -0.376. The Morgan fingerprint density at radius 3 is 2.41 bits per heavy atom. The lowest BCUT2D eigenvalue weighted by Gasteiger charge is -2.24. The molecule has 2 aromatic carbocycles. The monoisotopic (exact) mass is 419 g/mol. The summed E-state index contributed by atoms with van der Waals surface area (Å²) in [5, 5.41) is 6.19. The number of carbonyl (C=O) groups is 2. The molecule has 0 aromatic heterocycles. The lowest BCUT2D eigenvalue weighted by molar-refractivity contribution is -0.122. The maximum atomic E-state index is 13.3. The fraction of sp³-hybridized carbons (Fsp3) is 0.364. The third kappa shape index (κ3) is 8.11. The number of nitrogens with one attached hydrogen (secondary N) is 2. The number of urea groups is 1. The van der Waals surface area contributed by atoms with E-state index in [2.05, 4.69) is 10.6 Å². The van der Waals surface area contributed by atoms with E-state index in [1.165, 1.54) is 17.0 Å². The SMILES string of the molecule is CC(C)(C)CC(=O)NCCCN(C(=O)Nc1cccc(Cl)c1)c1ccc(F)cc1. The molecule has 2 N–H and O–H groups in total. The largest absolute Gasteiger partial charge is 0.356 e. The summed E-state index contributed by atoms with van der Waals surface area (Å²) in [5.41, 5.74) is 1.04. The van der Waals surface area contributed by atoms with E-state index in [0.29, 0.717) is 42.3 Å². The van der Waals surface area contributed by atoms with Crippen molar-refractivity contribution in [3.63, 3.8) is 0 Å². The Hall–Kier alpha value is -2.60. The molecule has 0 radical (unpaired) electrons. The van der Waals surface area contributed by atoms with Gasteiger partial charge < -0.3 is 10.6 Å². The Balaban J connectivity index is 2.01. The topological polar surface area (TPSA) is 61.4 Å². The van der Waals surface area contributed by atoms with Gasteiger partial charge >= 0.3 is 6.03 Å². The Kier molecular flexibility index (Phi) is 8.02. The highest BCUT2D eigenvalue weighted by molar-refractivity contribution is 6.30. The first kappa shape index (κ1) is 22.7. The van der Waals surface area contributed by atoms with Crippen molar-refractivity contribution in [3.8, 4) is 0 Å². The maximum absolute atomic E-state index is 13.3. The molecule has 0 unspecified atom stereocenters. The predicted octanol–water partition coefficient (Wildman–Crippen LogP) is 5.46. The smallest absolute Gasteiger partial charge is 0.326 e. The summed E-state index contributed by atoms with van der Waals surface area (Å²) in [5.74, 6) is -0.396. The van der Waals surface area contributed by atoms with E-state index < -0.39 is 0 Å². The summed E-state index contributed by atoms with van der Waals surface area (Å²) in [4.78, 5) is 26.3. The first-order valence-electron chi connectivity index (χ1n) is 9.50. The van der Waals surface area contributed by atoms with Gasteiger partial charge in [-0.2, -0.15) is 0 Å². The van der Waals surface area contributed by atoms with E-state index in [1.54, 1.807) is 36.4 Å². The normalized spacial score (nSPS) is 11.1. The van der Waals surface area contributed by atoms with Crippen LogP contribution in [-0.2, 0) is 4.79 Å². The van der Waals surface area contributed by atoms with Crippen LogP contribution in [0.4, 0.5) is 20.6 Å². The van der Waals surface area contributed by atoms with Crippen LogP contribution in [0.2, 0.25) is 5.02 Å². The van der Waals surface area contributed by atoms with Gasteiger partial charge in [-0.15, -0.1) is 0 Å². The quantitative estimate of drug-likeness (QED) is 0.585. The highest BCUT2D eigenvalue weighted by Gasteiger charge is 2.18. The molecule has 156 valence electrons.